The van der Waals surface area contributed by atoms with Gasteiger partial charge in [-0.15, -0.1) is 0 Å². The number of esters is 1. The molecule has 0 aliphatic heterocycles. The van der Waals surface area contributed by atoms with Crippen molar-refractivity contribution in [3.63, 3.8) is 0 Å². The fraction of sp³-hybridized carbons (Fsp3) is 0.400. The van der Waals surface area contributed by atoms with Gasteiger partial charge in [-0.3, -0.25) is 14.9 Å². The fourth-order valence-corrected chi connectivity index (χ4v) is 3.39. The maximum absolute atomic E-state index is 12.4. The van der Waals surface area contributed by atoms with Crippen LogP contribution >= 0.6 is 0 Å². The Morgan fingerprint density at radius 3 is 2.42 bits per heavy atom. The number of nitro groups is 1. The molecule has 11 heteroatoms. The summed E-state index contributed by atoms with van der Waals surface area (Å²) in [4.78, 5) is 46.9. The van der Waals surface area contributed by atoms with Gasteiger partial charge in [0.1, 0.15) is 12.6 Å². The van der Waals surface area contributed by atoms with E-state index in [4.69, 9.17) is 14.2 Å². The molecule has 2 N–H and O–H groups in total. The molecule has 2 aromatic carbocycles. The summed E-state index contributed by atoms with van der Waals surface area (Å²) in [7, 11) is 2.53. The van der Waals surface area contributed by atoms with Crippen LogP contribution in [0.5, 0.6) is 5.75 Å². The lowest BCUT2D eigenvalue weighted by Gasteiger charge is -2.17. The minimum Gasteiger partial charge on any atom is -0.490 e. The molecule has 2 rings (SSSR count). The molecule has 0 aliphatic carbocycles. The fourth-order valence-electron chi connectivity index (χ4n) is 3.39. The lowest BCUT2D eigenvalue weighted by atomic mass is 10.0. The van der Waals surface area contributed by atoms with Crippen LogP contribution in [0.15, 0.2) is 48.5 Å². The molecule has 0 saturated heterocycles. The minimum atomic E-state index is -0.989. The van der Waals surface area contributed by atoms with Gasteiger partial charge in [0.2, 0.25) is 5.91 Å². The van der Waals surface area contributed by atoms with Gasteiger partial charge in [0, 0.05) is 25.5 Å². The number of nitrogens with one attached hydrogen (secondary N) is 2. The number of carbonyl (C=O) groups excluding carboxylic acids is 3. The maximum Gasteiger partial charge on any atom is 0.407 e. The van der Waals surface area contributed by atoms with Crippen molar-refractivity contribution in [3.05, 3.63) is 69.8 Å². The van der Waals surface area contributed by atoms with Gasteiger partial charge in [-0.05, 0) is 30.0 Å². The third kappa shape index (κ3) is 9.61. The molecule has 2 amide bonds. The first kappa shape index (κ1) is 28.1. The summed E-state index contributed by atoms with van der Waals surface area (Å²) in [6, 6.07) is 12.7. The van der Waals surface area contributed by atoms with E-state index in [1.165, 1.54) is 26.4 Å². The Balaban J connectivity index is 1.72. The minimum absolute atomic E-state index is 0.0261. The van der Waals surface area contributed by atoms with E-state index in [0.29, 0.717) is 31.4 Å². The number of unbranched alkanes of at least 4 members (excludes halogenated alkanes) is 2. The van der Waals surface area contributed by atoms with Crippen LogP contribution in [0.2, 0.25) is 0 Å². The number of nitro benzene ring substituents is 1. The number of rotatable bonds is 14. The van der Waals surface area contributed by atoms with Crippen molar-refractivity contribution in [3.8, 4) is 5.75 Å². The van der Waals surface area contributed by atoms with Gasteiger partial charge in [-0.1, -0.05) is 42.8 Å². The third-order valence-electron chi connectivity index (χ3n) is 5.26. The van der Waals surface area contributed by atoms with Gasteiger partial charge in [0.05, 0.1) is 19.1 Å². The zero-order valence-corrected chi connectivity index (χ0v) is 20.4. The molecule has 0 unspecified atom stereocenters. The molecule has 0 aromatic heterocycles. The van der Waals surface area contributed by atoms with E-state index in [9.17, 15) is 24.5 Å². The number of hydrogen-bond donors (Lipinski definition) is 2. The molecule has 0 saturated carbocycles. The highest BCUT2D eigenvalue weighted by Crippen LogP contribution is 2.28. The molecule has 11 nitrogen and oxygen atoms in total. The molecule has 0 bridgehead atoms. The summed E-state index contributed by atoms with van der Waals surface area (Å²) in [5, 5.41) is 16.5. The zero-order chi connectivity index (χ0) is 26.3. The first-order chi connectivity index (χ1) is 17.3. The smallest absolute Gasteiger partial charge is 0.407 e. The number of amides is 2. The highest BCUT2D eigenvalue weighted by atomic mass is 16.6. The molecule has 0 fully saturated rings. The van der Waals surface area contributed by atoms with Gasteiger partial charge in [0.25, 0.3) is 0 Å². The van der Waals surface area contributed by atoms with Crippen molar-refractivity contribution in [2.24, 2.45) is 0 Å². The summed E-state index contributed by atoms with van der Waals surface area (Å²) in [5.74, 6) is -0.898. The van der Waals surface area contributed by atoms with Gasteiger partial charge >= 0.3 is 17.7 Å². The lowest BCUT2D eigenvalue weighted by molar-refractivity contribution is -0.385. The molecule has 194 valence electrons. The molecular weight excluding hydrogens is 470 g/mol. The first-order valence-electron chi connectivity index (χ1n) is 11.5. The topological polar surface area (TPSA) is 146 Å². The van der Waals surface area contributed by atoms with Crippen molar-refractivity contribution in [1.82, 2.24) is 10.6 Å². The summed E-state index contributed by atoms with van der Waals surface area (Å²) >= 11 is 0. The normalized spacial score (nSPS) is 11.2. The van der Waals surface area contributed by atoms with Crippen LogP contribution in [-0.4, -0.2) is 49.7 Å². The maximum atomic E-state index is 12.4. The van der Waals surface area contributed by atoms with E-state index < -0.39 is 23.0 Å². The number of benzene rings is 2. The van der Waals surface area contributed by atoms with Gasteiger partial charge < -0.3 is 24.8 Å². The van der Waals surface area contributed by atoms with Crippen molar-refractivity contribution in [2.45, 2.75) is 44.8 Å². The molecule has 0 radical (unpaired) electrons. The van der Waals surface area contributed by atoms with Crippen LogP contribution in [0.1, 0.15) is 36.8 Å². The average Bonchev–Trinajstić information content (AvgIpc) is 2.89. The molecule has 36 heavy (non-hydrogen) atoms. The van der Waals surface area contributed by atoms with Crippen molar-refractivity contribution in [1.29, 1.82) is 0 Å². The quantitative estimate of drug-likeness (QED) is 0.174. The largest absolute Gasteiger partial charge is 0.490 e. The van der Waals surface area contributed by atoms with Crippen LogP contribution in [-0.2, 0) is 32.1 Å². The van der Waals surface area contributed by atoms with Gasteiger partial charge in [-0.25, -0.2) is 9.59 Å². The van der Waals surface area contributed by atoms with Gasteiger partial charge in [0.15, 0.2) is 5.75 Å². The lowest BCUT2D eigenvalue weighted by Crippen LogP contribution is -2.43. The highest BCUT2D eigenvalue weighted by Gasteiger charge is 2.24. The third-order valence-corrected chi connectivity index (χ3v) is 5.26. The molecular formula is C25H31N3O8. The number of methoxy groups -OCH3 is 2. The summed E-state index contributed by atoms with van der Waals surface area (Å²) in [5.41, 5.74) is 1.14. The van der Waals surface area contributed by atoms with Crippen molar-refractivity contribution in [2.75, 3.05) is 20.8 Å². The zero-order valence-electron chi connectivity index (χ0n) is 20.4. The van der Waals surface area contributed by atoms with Crippen LogP contribution in [0, 0.1) is 10.1 Å². The highest BCUT2D eigenvalue weighted by molar-refractivity contribution is 5.84. The van der Waals surface area contributed by atoms with Crippen molar-refractivity contribution < 1.29 is 33.5 Å². The molecule has 0 heterocycles. The number of nitrogens with zero attached hydrogens (tertiary/aromatic N) is 1. The van der Waals surface area contributed by atoms with Crippen LogP contribution in [0.4, 0.5) is 10.5 Å². The standard InChI is InChI=1S/C25H31N3O8/c1-34-22-13-12-19(16-21(22)28(32)33)15-20(24(30)35-2)27-23(29)11-7-4-8-14-26-25(31)36-17-18-9-5-3-6-10-18/h3,5-6,9-10,12-13,16,20H,4,7-8,11,14-15,17H2,1-2H3,(H,26,31)(H,27,29)/t20-/m0/s1. The predicted octanol–water partition coefficient (Wildman–Crippen LogP) is 3.29. The van der Waals surface area contributed by atoms with E-state index in [2.05, 4.69) is 10.6 Å². The second kappa shape index (κ2) is 15.0. The van der Waals surface area contributed by atoms with Crippen LogP contribution in [0.25, 0.3) is 0 Å². The second-order valence-electron chi connectivity index (χ2n) is 7.91. The monoisotopic (exact) mass is 501 g/mol. The number of ether oxygens (including phenoxy) is 3. The number of alkyl carbamates (subject to hydrolysis) is 1. The second-order valence-corrected chi connectivity index (χ2v) is 7.91. The van der Waals surface area contributed by atoms with Crippen LogP contribution < -0.4 is 15.4 Å². The van der Waals surface area contributed by atoms with E-state index in [-0.39, 0.29) is 36.8 Å². The average molecular weight is 502 g/mol. The van der Waals surface area contributed by atoms with Gasteiger partial charge in [-0.2, -0.15) is 0 Å². The van der Waals surface area contributed by atoms with Crippen molar-refractivity contribution >= 4 is 23.7 Å². The van der Waals surface area contributed by atoms with E-state index in [1.54, 1.807) is 6.07 Å². The number of hydrogen-bond acceptors (Lipinski definition) is 8. The Morgan fingerprint density at radius 1 is 1.00 bits per heavy atom. The van der Waals surface area contributed by atoms with E-state index >= 15 is 0 Å². The molecule has 0 spiro atoms. The summed E-state index contributed by atoms with van der Waals surface area (Å²) in [6.07, 6.45) is 1.58. The van der Waals surface area contributed by atoms with E-state index in [0.717, 1.165) is 5.56 Å². The summed E-state index contributed by atoms with van der Waals surface area (Å²) < 4.78 is 14.9. The van der Waals surface area contributed by atoms with E-state index in [1.807, 2.05) is 30.3 Å². The Kier molecular flexibility index (Phi) is 11.7. The Morgan fingerprint density at radius 2 is 1.75 bits per heavy atom. The van der Waals surface area contributed by atoms with Crippen LogP contribution in [0.3, 0.4) is 0 Å². The molecule has 1 atom stereocenters. The Bertz CT molecular complexity index is 1030. The Hall–Kier alpha value is -4.15. The SMILES string of the molecule is COC(=O)[C@H](Cc1ccc(OC)c([N+](=O)[O-])c1)NC(=O)CCCCCNC(=O)OCc1ccccc1. The summed E-state index contributed by atoms with van der Waals surface area (Å²) in [6.45, 7) is 0.606. The first-order valence-corrected chi connectivity index (χ1v) is 11.5. The number of carbonyl (C=O) groups is 3. The predicted molar refractivity (Wildman–Crippen MR) is 130 cm³/mol. The molecule has 2 aromatic rings. The Labute approximate surface area is 209 Å². The molecule has 0 aliphatic rings.